The number of hydrogen-bond acceptors (Lipinski definition) is 3. The van der Waals surface area contributed by atoms with Gasteiger partial charge in [0.15, 0.2) is 0 Å². The van der Waals surface area contributed by atoms with E-state index >= 15 is 0 Å². The third-order valence-electron chi connectivity index (χ3n) is 3.00. The van der Waals surface area contributed by atoms with E-state index in [4.69, 9.17) is 27.4 Å². The average molecular weight is 281 g/mol. The van der Waals surface area contributed by atoms with Crippen molar-refractivity contribution in [3.63, 3.8) is 0 Å². The molecule has 0 aliphatic rings. The lowest BCUT2D eigenvalue weighted by Crippen LogP contribution is -2.25. The second-order valence-corrected chi connectivity index (χ2v) is 5.62. The number of rotatable bonds is 8. The minimum absolute atomic E-state index is 0.0793. The molecule has 0 saturated carbocycles. The van der Waals surface area contributed by atoms with Crippen molar-refractivity contribution in [1.29, 1.82) is 0 Å². The molecule has 0 amide bonds. The Morgan fingerprint density at radius 1 is 1.21 bits per heavy atom. The van der Waals surface area contributed by atoms with Crippen LogP contribution in [0.5, 0.6) is 5.75 Å². The maximum Gasteiger partial charge on any atom is 0.119 e. The van der Waals surface area contributed by atoms with Crippen LogP contribution in [0.2, 0.25) is 0 Å². The first-order valence-electron chi connectivity index (χ1n) is 6.57. The van der Waals surface area contributed by atoms with E-state index in [9.17, 15) is 0 Å². The maximum atomic E-state index is 5.72. The van der Waals surface area contributed by atoms with Crippen molar-refractivity contribution >= 4 is 17.2 Å². The smallest absolute Gasteiger partial charge is 0.119 e. The lowest BCUT2D eigenvalue weighted by Gasteiger charge is -2.23. The SMILES string of the molecule is CCC(C)(C)OCCOc1ccc(CC(N)=S)cc1. The molecule has 106 valence electrons. The highest BCUT2D eigenvalue weighted by Gasteiger charge is 2.14. The Bertz CT molecular complexity index is 401. The van der Waals surface area contributed by atoms with E-state index in [0.717, 1.165) is 17.7 Å². The third-order valence-corrected chi connectivity index (χ3v) is 3.14. The summed E-state index contributed by atoms with van der Waals surface area (Å²) < 4.78 is 11.3. The molecule has 1 rings (SSSR count). The zero-order chi connectivity index (χ0) is 14.3. The molecule has 0 fully saturated rings. The molecule has 0 atom stereocenters. The van der Waals surface area contributed by atoms with Crippen LogP contribution in [-0.2, 0) is 11.2 Å². The van der Waals surface area contributed by atoms with Crippen molar-refractivity contribution in [1.82, 2.24) is 0 Å². The molecule has 0 saturated heterocycles. The summed E-state index contributed by atoms with van der Waals surface area (Å²) in [5.41, 5.74) is 6.52. The van der Waals surface area contributed by atoms with Gasteiger partial charge in [0.1, 0.15) is 12.4 Å². The van der Waals surface area contributed by atoms with E-state index in [1.54, 1.807) is 0 Å². The molecular formula is C15H23NO2S. The number of nitrogens with two attached hydrogens (primary N) is 1. The predicted molar refractivity (Wildman–Crippen MR) is 82.7 cm³/mol. The van der Waals surface area contributed by atoms with Crippen molar-refractivity contribution in [2.75, 3.05) is 13.2 Å². The Labute approximate surface area is 121 Å². The molecule has 4 heteroatoms. The summed E-state index contributed by atoms with van der Waals surface area (Å²) in [5, 5.41) is 0. The van der Waals surface area contributed by atoms with Gasteiger partial charge in [-0.05, 0) is 38.0 Å². The van der Waals surface area contributed by atoms with Crippen LogP contribution in [0.15, 0.2) is 24.3 Å². The zero-order valence-electron chi connectivity index (χ0n) is 11.9. The average Bonchev–Trinajstić information content (AvgIpc) is 2.36. The number of hydrogen-bond donors (Lipinski definition) is 1. The summed E-state index contributed by atoms with van der Waals surface area (Å²) in [4.78, 5) is 0.504. The summed E-state index contributed by atoms with van der Waals surface area (Å²) in [7, 11) is 0. The number of thiocarbonyl (C=S) groups is 1. The first kappa shape index (κ1) is 15.9. The van der Waals surface area contributed by atoms with Gasteiger partial charge in [-0.25, -0.2) is 0 Å². The van der Waals surface area contributed by atoms with Crippen molar-refractivity contribution < 1.29 is 9.47 Å². The molecule has 0 aliphatic carbocycles. The fraction of sp³-hybridized carbons (Fsp3) is 0.533. The van der Waals surface area contributed by atoms with E-state index in [2.05, 4.69) is 20.8 Å². The molecule has 1 aromatic carbocycles. The normalized spacial score (nSPS) is 11.3. The van der Waals surface area contributed by atoms with Gasteiger partial charge >= 0.3 is 0 Å². The van der Waals surface area contributed by atoms with Gasteiger partial charge in [0.05, 0.1) is 17.2 Å². The zero-order valence-corrected chi connectivity index (χ0v) is 12.8. The first-order valence-corrected chi connectivity index (χ1v) is 6.98. The fourth-order valence-electron chi connectivity index (χ4n) is 1.48. The molecule has 19 heavy (non-hydrogen) atoms. The molecule has 0 unspecified atom stereocenters. The molecule has 2 N–H and O–H groups in total. The molecule has 0 aromatic heterocycles. The van der Waals surface area contributed by atoms with Gasteiger partial charge in [0.25, 0.3) is 0 Å². The Morgan fingerprint density at radius 3 is 2.37 bits per heavy atom. The van der Waals surface area contributed by atoms with Crippen molar-refractivity contribution in [2.45, 2.75) is 39.2 Å². The van der Waals surface area contributed by atoms with Gasteiger partial charge < -0.3 is 15.2 Å². The summed E-state index contributed by atoms with van der Waals surface area (Å²) in [6.45, 7) is 7.42. The molecule has 1 aromatic rings. The molecule has 0 radical (unpaired) electrons. The molecule has 3 nitrogen and oxygen atoms in total. The van der Waals surface area contributed by atoms with Gasteiger partial charge in [-0.3, -0.25) is 0 Å². The first-order chi connectivity index (χ1) is 8.93. The van der Waals surface area contributed by atoms with Gasteiger partial charge in [0.2, 0.25) is 0 Å². The van der Waals surface area contributed by atoms with E-state index in [1.165, 1.54) is 0 Å². The quantitative estimate of drug-likeness (QED) is 0.587. The van der Waals surface area contributed by atoms with Crippen LogP contribution in [-0.4, -0.2) is 23.8 Å². The van der Waals surface area contributed by atoms with E-state index < -0.39 is 0 Å². The minimum atomic E-state index is -0.0793. The summed E-state index contributed by atoms with van der Waals surface area (Å²) in [6.07, 6.45) is 1.62. The summed E-state index contributed by atoms with van der Waals surface area (Å²) in [5.74, 6) is 0.838. The Kier molecular flexibility index (Phi) is 6.25. The third kappa shape index (κ3) is 6.55. The highest BCUT2D eigenvalue weighted by molar-refractivity contribution is 7.80. The maximum absolute atomic E-state index is 5.72. The van der Waals surface area contributed by atoms with Crippen LogP contribution in [0.4, 0.5) is 0 Å². The Morgan fingerprint density at radius 2 is 1.84 bits per heavy atom. The Balaban J connectivity index is 2.32. The van der Waals surface area contributed by atoms with E-state index in [-0.39, 0.29) is 5.60 Å². The largest absolute Gasteiger partial charge is 0.491 e. The second-order valence-electron chi connectivity index (χ2n) is 5.10. The van der Waals surface area contributed by atoms with Crippen molar-refractivity contribution in [3.05, 3.63) is 29.8 Å². The second kappa shape index (κ2) is 7.46. The number of benzene rings is 1. The highest BCUT2D eigenvalue weighted by atomic mass is 32.1. The van der Waals surface area contributed by atoms with Crippen molar-refractivity contribution in [3.8, 4) is 5.75 Å². The van der Waals surface area contributed by atoms with Crippen LogP contribution in [0.1, 0.15) is 32.8 Å². The van der Waals surface area contributed by atoms with Gasteiger partial charge in [-0.2, -0.15) is 0 Å². The lowest BCUT2D eigenvalue weighted by atomic mass is 10.1. The predicted octanol–water partition coefficient (Wildman–Crippen LogP) is 3.10. The molecule has 0 aliphatic heterocycles. The topological polar surface area (TPSA) is 44.5 Å². The van der Waals surface area contributed by atoms with Crippen LogP contribution in [0.3, 0.4) is 0 Å². The molecule has 0 spiro atoms. The van der Waals surface area contributed by atoms with Crippen LogP contribution < -0.4 is 10.5 Å². The van der Waals surface area contributed by atoms with Gasteiger partial charge in [0, 0.05) is 6.42 Å². The summed E-state index contributed by atoms with van der Waals surface area (Å²) >= 11 is 4.87. The van der Waals surface area contributed by atoms with Gasteiger partial charge in [-0.1, -0.05) is 31.3 Å². The van der Waals surface area contributed by atoms with Crippen LogP contribution in [0.25, 0.3) is 0 Å². The van der Waals surface area contributed by atoms with Crippen LogP contribution in [0, 0.1) is 0 Å². The Hall–Kier alpha value is -1.13. The lowest BCUT2D eigenvalue weighted by molar-refractivity contribution is -0.0317. The van der Waals surface area contributed by atoms with E-state index in [0.29, 0.717) is 24.6 Å². The highest BCUT2D eigenvalue weighted by Crippen LogP contribution is 2.15. The summed E-state index contributed by atoms with van der Waals surface area (Å²) in [6, 6.07) is 7.81. The monoisotopic (exact) mass is 281 g/mol. The van der Waals surface area contributed by atoms with E-state index in [1.807, 2.05) is 24.3 Å². The minimum Gasteiger partial charge on any atom is -0.491 e. The number of ether oxygens (including phenoxy) is 2. The van der Waals surface area contributed by atoms with Crippen molar-refractivity contribution in [2.24, 2.45) is 5.73 Å². The molecule has 0 heterocycles. The fourth-order valence-corrected chi connectivity index (χ4v) is 1.65. The van der Waals surface area contributed by atoms with Gasteiger partial charge in [-0.15, -0.1) is 0 Å². The molecule has 0 bridgehead atoms. The van der Waals surface area contributed by atoms with Crippen LogP contribution >= 0.6 is 12.2 Å². The molecular weight excluding hydrogens is 258 g/mol. The standard InChI is InChI=1S/C15H23NO2S/c1-4-15(2,3)18-10-9-17-13-7-5-12(6-8-13)11-14(16)19/h5-8H,4,9-11H2,1-3H3,(H2,16,19).